The van der Waals surface area contributed by atoms with Gasteiger partial charge in [-0.25, -0.2) is 0 Å². The topological polar surface area (TPSA) is 78.7 Å². The summed E-state index contributed by atoms with van der Waals surface area (Å²) in [5.74, 6) is -0.114. The SMILES string of the molecule is CC(C)Oc1ccc(Cl)cc1COC(=O)c1ccc([N+](=O)[O-])cc1[CH]=[Ru]([Cl])[Cl]. The van der Waals surface area contributed by atoms with Crippen molar-refractivity contribution < 1.29 is 32.7 Å². The van der Waals surface area contributed by atoms with Crippen LogP contribution in [0.4, 0.5) is 5.69 Å². The van der Waals surface area contributed by atoms with E-state index in [1.54, 1.807) is 18.2 Å². The second-order valence-corrected chi connectivity index (χ2v) is 12.0. The van der Waals surface area contributed by atoms with Crippen LogP contribution in [-0.2, 0) is 24.9 Å². The molecule has 0 unspecified atom stereocenters. The van der Waals surface area contributed by atoms with E-state index in [1.165, 1.54) is 22.8 Å². The van der Waals surface area contributed by atoms with E-state index in [4.69, 9.17) is 40.5 Å². The molecule has 0 aromatic heterocycles. The third-order valence-corrected chi connectivity index (χ3v) is 5.46. The van der Waals surface area contributed by atoms with Crippen molar-refractivity contribution in [1.82, 2.24) is 0 Å². The molecule has 28 heavy (non-hydrogen) atoms. The van der Waals surface area contributed by atoms with Gasteiger partial charge in [-0.05, 0) is 0 Å². The molecule has 2 rings (SSSR count). The minimum atomic E-state index is -2.32. The van der Waals surface area contributed by atoms with Crippen molar-refractivity contribution in [1.29, 1.82) is 0 Å². The van der Waals surface area contributed by atoms with Gasteiger partial charge in [-0.2, -0.15) is 0 Å². The number of hydrogen-bond donors (Lipinski definition) is 0. The molecule has 0 saturated carbocycles. The van der Waals surface area contributed by atoms with Gasteiger partial charge in [0.15, 0.2) is 0 Å². The molecule has 0 atom stereocenters. The average Bonchev–Trinajstić information content (AvgIpc) is 2.60. The number of rotatable bonds is 7. The minimum absolute atomic E-state index is 0.0685. The molecule has 2 aromatic rings. The first-order valence-electron chi connectivity index (χ1n) is 7.91. The number of ether oxygens (including phenoxy) is 2. The second kappa shape index (κ2) is 10.3. The van der Waals surface area contributed by atoms with Crippen LogP contribution in [0, 0.1) is 10.1 Å². The summed E-state index contributed by atoms with van der Waals surface area (Å²) < 4.78 is 12.5. The van der Waals surface area contributed by atoms with Crippen molar-refractivity contribution in [2.75, 3.05) is 0 Å². The van der Waals surface area contributed by atoms with Crippen LogP contribution in [0.1, 0.15) is 35.3 Å². The standard InChI is InChI=1S/C18H16ClNO5.2ClH.Ru/c1-11(2)25-17-7-4-14(19)9-13(17)10-24-18(21)16-6-5-15(20(22)23)8-12(16)3;;;/h3-9,11H,10H2,1-2H3;2*1H;/q;;;+2/p-2. The second-order valence-electron chi connectivity index (χ2n) is 5.83. The van der Waals surface area contributed by atoms with Gasteiger partial charge in [-0.1, -0.05) is 0 Å². The summed E-state index contributed by atoms with van der Waals surface area (Å²) in [5, 5.41) is 11.5. The van der Waals surface area contributed by atoms with Crippen LogP contribution >= 0.6 is 31.0 Å². The van der Waals surface area contributed by atoms with E-state index in [0.717, 1.165) is 0 Å². The van der Waals surface area contributed by atoms with Gasteiger partial charge in [-0.15, -0.1) is 0 Å². The van der Waals surface area contributed by atoms with Crippen molar-refractivity contribution in [2.45, 2.75) is 26.6 Å². The molecule has 0 bridgehead atoms. The Morgan fingerprint density at radius 3 is 2.57 bits per heavy atom. The first kappa shape index (κ1) is 22.8. The number of carbonyl (C=O) groups is 1. The molecular weight excluding hydrogens is 518 g/mol. The van der Waals surface area contributed by atoms with E-state index >= 15 is 0 Å². The quantitative estimate of drug-likeness (QED) is 0.204. The number of nitro groups is 1. The summed E-state index contributed by atoms with van der Waals surface area (Å²) in [7, 11) is 11.8. The van der Waals surface area contributed by atoms with Crippen LogP contribution in [0.15, 0.2) is 36.4 Å². The number of benzene rings is 2. The maximum atomic E-state index is 12.6. The van der Waals surface area contributed by atoms with E-state index in [9.17, 15) is 14.9 Å². The monoisotopic (exact) mass is 533 g/mol. The predicted octanol–water partition coefficient (Wildman–Crippen LogP) is 5.47. The Morgan fingerprint density at radius 1 is 1.25 bits per heavy atom. The van der Waals surface area contributed by atoms with Gasteiger partial charge in [-0.3, -0.25) is 0 Å². The fourth-order valence-corrected chi connectivity index (χ4v) is 4.27. The fraction of sp³-hybridized carbons (Fsp3) is 0.222. The molecule has 0 aliphatic carbocycles. The maximum absolute atomic E-state index is 12.6. The molecule has 0 saturated heterocycles. The fourth-order valence-electron chi connectivity index (χ4n) is 2.27. The van der Waals surface area contributed by atoms with Crippen molar-refractivity contribution >= 4 is 47.2 Å². The molecular formula is C18H16Cl3NO5Ru. The van der Waals surface area contributed by atoms with Gasteiger partial charge >= 0.3 is 180 Å². The average molecular weight is 534 g/mol. The first-order valence-corrected chi connectivity index (χ1v) is 13.8. The molecule has 0 aliphatic rings. The molecule has 0 aliphatic heterocycles. The molecule has 0 amide bonds. The van der Waals surface area contributed by atoms with Crippen molar-refractivity contribution in [3.63, 3.8) is 0 Å². The van der Waals surface area contributed by atoms with E-state index in [1.807, 2.05) is 13.8 Å². The number of carbonyl (C=O) groups excluding carboxylic acids is 1. The van der Waals surface area contributed by atoms with Gasteiger partial charge in [0.25, 0.3) is 0 Å². The number of halogens is 3. The van der Waals surface area contributed by atoms with Gasteiger partial charge in [0.1, 0.15) is 0 Å². The van der Waals surface area contributed by atoms with E-state index in [-0.39, 0.29) is 29.5 Å². The van der Waals surface area contributed by atoms with E-state index in [0.29, 0.717) is 16.3 Å². The first-order chi connectivity index (χ1) is 13.2. The third kappa shape index (κ3) is 6.52. The number of non-ortho nitro benzene ring substituents is 1. The zero-order valence-electron chi connectivity index (χ0n) is 14.8. The zero-order chi connectivity index (χ0) is 20.8. The molecule has 2 aromatic carbocycles. The Morgan fingerprint density at radius 2 is 1.96 bits per heavy atom. The molecule has 0 N–H and O–H groups in total. The molecule has 10 heteroatoms. The zero-order valence-corrected chi connectivity index (χ0v) is 18.8. The molecule has 152 valence electrons. The third-order valence-electron chi connectivity index (χ3n) is 3.40. The van der Waals surface area contributed by atoms with Crippen LogP contribution in [0.3, 0.4) is 0 Å². The van der Waals surface area contributed by atoms with Gasteiger partial charge in [0.2, 0.25) is 0 Å². The Bertz CT molecular complexity index is 929. The van der Waals surface area contributed by atoms with Gasteiger partial charge < -0.3 is 0 Å². The molecule has 0 heterocycles. The van der Waals surface area contributed by atoms with Crippen LogP contribution in [-0.4, -0.2) is 21.6 Å². The van der Waals surface area contributed by atoms with Crippen molar-refractivity contribution in [2.24, 2.45) is 0 Å². The van der Waals surface area contributed by atoms with Crippen LogP contribution in [0.25, 0.3) is 0 Å². The van der Waals surface area contributed by atoms with Gasteiger partial charge in [0, 0.05) is 0 Å². The Kier molecular flexibility index (Phi) is 8.38. The molecule has 0 radical (unpaired) electrons. The Balaban J connectivity index is 2.27. The molecule has 6 nitrogen and oxygen atoms in total. The van der Waals surface area contributed by atoms with Crippen LogP contribution in [0.2, 0.25) is 5.02 Å². The summed E-state index contributed by atoms with van der Waals surface area (Å²) in [4.78, 5) is 23.0. The summed E-state index contributed by atoms with van der Waals surface area (Å²) in [6, 6.07) is 8.82. The Hall–Kier alpha value is -1.53. The van der Waals surface area contributed by atoms with E-state index < -0.39 is 24.4 Å². The Labute approximate surface area is 180 Å². The van der Waals surface area contributed by atoms with Crippen molar-refractivity contribution in [3.05, 3.63) is 68.2 Å². The number of nitrogens with zero attached hydrogens (tertiary/aromatic N) is 1. The molecule has 0 spiro atoms. The normalized spacial score (nSPS) is 11.1. The number of nitro benzene ring substituents is 1. The van der Waals surface area contributed by atoms with Crippen LogP contribution in [0.5, 0.6) is 5.75 Å². The van der Waals surface area contributed by atoms with Crippen molar-refractivity contribution in [3.8, 4) is 5.75 Å². The predicted molar refractivity (Wildman–Crippen MR) is 106 cm³/mol. The summed E-state index contributed by atoms with van der Waals surface area (Å²) in [5.41, 5.74) is 0.838. The number of esters is 1. The van der Waals surface area contributed by atoms with Crippen LogP contribution < -0.4 is 4.74 Å². The summed E-state index contributed by atoms with van der Waals surface area (Å²) in [6.45, 7) is 3.67. The van der Waals surface area contributed by atoms with E-state index in [2.05, 4.69) is 0 Å². The number of hydrogen-bond acceptors (Lipinski definition) is 5. The summed E-state index contributed by atoms with van der Waals surface area (Å²) in [6.07, 6.45) is -0.0685. The molecule has 0 fully saturated rings. The van der Waals surface area contributed by atoms with Gasteiger partial charge in [0.05, 0.1) is 0 Å². The summed E-state index contributed by atoms with van der Waals surface area (Å²) >= 11 is 3.71.